The van der Waals surface area contributed by atoms with Crippen molar-refractivity contribution in [2.24, 2.45) is 0 Å². The molecule has 1 aromatic heterocycles. The minimum absolute atomic E-state index is 0.0380. The Morgan fingerprint density at radius 3 is 2.83 bits per heavy atom. The summed E-state index contributed by atoms with van der Waals surface area (Å²) in [5.41, 5.74) is 5.11. The zero-order chi connectivity index (χ0) is 13.7. The molecule has 2 atom stereocenters. The van der Waals surface area contributed by atoms with Crippen LogP contribution >= 0.6 is 11.8 Å². The molecule has 0 aliphatic carbocycles. The Balaban J connectivity index is 2.97. The molecule has 1 heterocycles. The highest BCUT2D eigenvalue weighted by atomic mass is 32.2. The molecule has 0 bridgehead atoms. The molecule has 0 radical (unpaired) electrons. The van der Waals surface area contributed by atoms with E-state index < -0.39 is 4.92 Å². The molecule has 0 amide bonds. The van der Waals surface area contributed by atoms with Gasteiger partial charge in [-0.15, -0.1) is 0 Å². The minimum Gasteiger partial charge on any atom is -0.395 e. The van der Waals surface area contributed by atoms with Gasteiger partial charge < -0.3 is 16.2 Å². The summed E-state index contributed by atoms with van der Waals surface area (Å²) < 4.78 is 0. The first-order chi connectivity index (χ1) is 8.51. The second kappa shape index (κ2) is 6.36. The van der Waals surface area contributed by atoms with Crippen LogP contribution in [0.4, 0.5) is 17.3 Å². The van der Waals surface area contributed by atoms with Gasteiger partial charge in [-0.25, -0.2) is 9.97 Å². The van der Waals surface area contributed by atoms with E-state index in [2.05, 4.69) is 15.3 Å². The number of thioether (sulfide) groups is 1. The Labute approximate surface area is 108 Å². The number of nitro groups is 1. The largest absolute Gasteiger partial charge is 0.395 e. The lowest BCUT2D eigenvalue weighted by Gasteiger charge is -2.21. The summed E-state index contributed by atoms with van der Waals surface area (Å²) in [5, 5.41) is 22.8. The number of hydrogen-bond acceptors (Lipinski definition) is 8. The van der Waals surface area contributed by atoms with Gasteiger partial charge in [0, 0.05) is 11.3 Å². The van der Waals surface area contributed by atoms with E-state index in [0.29, 0.717) is 0 Å². The van der Waals surface area contributed by atoms with E-state index in [1.165, 1.54) is 11.8 Å². The zero-order valence-electron chi connectivity index (χ0n) is 10.0. The summed E-state index contributed by atoms with van der Waals surface area (Å²) in [7, 11) is 0. The fraction of sp³-hybridized carbons (Fsp3) is 0.556. The van der Waals surface area contributed by atoms with Crippen LogP contribution in [-0.2, 0) is 0 Å². The quantitative estimate of drug-likeness (QED) is 0.504. The summed E-state index contributed by atoms with van der Waals surface area (Å²) in [5.74, 6) is -0.123. The number of nitrogens with one attached hydrogen (secondary N) is 1. The highest BCUT2D eigenvalue weighted by molar-refractivity contribution is 7.99. The number of rotatable bonds is 6. The molecule has 0 aromatic carbocycles. The molecule has 0 aliphatic rings. The molecule has 1 rings (SSSR count). The Morgan fingerprint density at radius 1 is 1.67 bits per heavy atom. The molecule has 8 nitrogen and oxygen atoms in total. The van der Waals surface area contributed by atoms with Gasteiger partial charge in [-0.1, -0.05) is 0 Å². The van der Waals surface area contributed by atoms with E-state index in [0.717, 1.165) is 6.33 Å². The highest BCUT2D eigenvalue weighted by Crippen LogP contribution is 2.27. The fourth-order valence-electron chi connectivity index (χ4n) is 1.42. The normalized spacial score (nSPS) is 13.9. The van der Waals surface area contributed by atoms with Crippen LogP contribution in [0.2, 0.25) is 0 Å². The molecule has 9 heteroatoms. The zero-order valence-corrected chi connectivity index (χ0v) is 10.8. The Bertz CT molecular complexity index is 427. The lowest BCUT2D eigenvalue weighted by atomic mass is 10.2. The van der Waals surface area contributed by atoms with Gasteiger partial charge >= 0.3 is 5.69 Å². The van der Waals surface area contributed by atoms with Crippen LogP contribution in [0, 0.1) is 10.1 Å². The van der Waals surface area contributed by atoms with E-state index in [9.17, 15) is 10.1 Å². The van der Waals surface area contributed by atoms with Crippen molar-refractivity contribution < 1.29 is 10.0 Å². The number of nitrogens with two attached hydrogens (primary N) is 1. The molecule has 18 heavy (non-hydrogen) atoms. The molecule has 0 fully saturated rings. The number of anilines is 2. The van der Waals surface area contributed by atoms with Gasteiger partial charge in [0.15, 0.2) is 0 Å². The number of aliphatic hydroxyl groups excluding tert-OH is 1. The minimum atomic E-state index is -0.628. The third kappa shape index (κ3) is 3.20. The molecule has 4 N–H and O–H groups in total. The van der Waals surface area contributed by atoms with Crippen LogP contribution in [0.3, 0.4) is 0 Å². The van der Waals surface area contributed by atoms with Gasteiger partial charge in [0.05, 0.1) is 11.5 Å². The van der Waals surface area contributed by atoms with Crippen molar-refractivity contribution in [2.45, 2.75) is 18.2 Å². The Hall–Kier alpha value is -1.61. The lowest BCUT2D eigenvalue weighted by Crippen LogP contribution is -2.31. The van der Waals surface area contributed by atoms with Gasteiger partial charge in [0.1, 0.15) is 6.33 Å². The van der Waals surface area contributed by atoms with Crippen LogP contribution < -0.4 is 11.1 Å². The summed E-state index contributed by atoms with van der Waals surface area (Å²) in [6.45, 7) is 1.77. The van der Waals surface area contributed by atoms with Crippen molar-refractivity contribution >= 4 is 29.1 Å². The third-order valence-corrected chi connectivity index (χ3v) is 3.60. The summed E-state index contributed by atoms with van der Waals surface area (Å²) >= 11 is 1.46. The van der Waals surface area contributed by atoms with Crippen LogP contribution in [0.5, 0.6) is 0 Å². The molecular weight excluding hydrogens is 258 g/mol. The number of aromatic nitrogens is 2. The summed E-state index contributed by atoms with van der Waals surface area (Å²) in [4.78, 5) is 17.7. The maximum Gasteiger partial charge on any atom is 0.352 e. The third-order valence-electron chi connectivity index (χ3n) is 2.44. The van der Waals surface area contributed by atoms with Gasteiger partial charge in [-0.2, -0.15) is 11.8 Å². The molecule has 0 aliphatic heterocycles. The smallest absolute Gasteiger partial charge is 0.352 e. The van der Waals surface area contributed by atoms with Crippen molar-refractivity contribution in [3.8, 4) is 0 Å². The molecule has 0 spiro atoms. The van der Waals surface area contributed by atoms with Crippen molar-refractivity contribution in [3.05, 3.63) is 16.4 Å². The molecule has 100 valence electrons. The van der Waals surface area contributed by atoms with Gasteiger partial charge in [-0.3, -0.25) is 10.1 Å². The molecule has 1 aromatic rings. The first kappa shape index (κ1) is 14.5. The summed E-state index contributed by atoms with van der Waals surface area (Å²) in [6, 6.07) is -0.196. The van der Waals surface area contributed by atoms with Crippen molar-refractivity contribution in [2.75, 3.05) is 23.9 Å². The summed E-state index contributed by atoms with van der Waals surface area (Å²) in [6.07, 6.45) is 3.01. The van der Waals surface area contributed by atoms with Crippen LogP contribution in [0.1, 0.15) is 6.92 Å². The van der Waals surface area contributed by atoms with Gasteiger partial charge in [0.2, 0.25) is 11.6 Å². The fourth-order valence-corrected chi connectivity index (χ4v) is 2.05. The monoisotopic (exact) mass is 273 g/mol. The predicted octanol–water partition coefficient (Wildman–Crippen LogP) is 0.491. The Kier molecular flexibility index (Phi) is 5.10. The number of hydrogen-bond donors (Lipinski definition) is 3. The second-order valence-corrected chi connectivity index (χ2v) is 4.68. The maximum atomic E-state index is 10.9. The maximum absolute atomic E-state index is 10.9. The highest BCUT2D eigenvalue weighted by Gasteiger charge is 2.24. The van der Waals surface area contributed by atoms with Crippen LogP contribution in [0.25, 0.3) is 0 Å². The van der Waals surface area contributed by atoms with Crippen molar-refractivity contribution in [1.82, 2.24) is 9.97 Å². The molecule has 0 saturated heterocycles. The first-order valence-electron chi connectivity index (χ1n) is 5.16. The second-order valence-electron chi connectivity index (χ2n) is 3.60. The van der Waals surface area contributed by atoms with Gasteiger partial charge in [-0.05, 0) is 13.2 Å². The number of aliphatic hydroxyl groups is 1. The molecule has 2 unspecified atom stereocenters. The van der Waals surface area contributed by atoms with Crippen LogP contribution in [-0.4, -0.2) is 44.2 Å². The van der Waals surface area contributed by atoms with E-state index in [-0.39, 0.29) is 35.2 Å². The van der Waals surface area contributed by atoms with Crippen molar-refractivity contribution in [3.63, 3.8) is 0 Å². The first-order valence-corrected chi connectivity index (χ1v) is 6.45. The number of nitrogen functional groups attached to an aromatic ring is 1. The van der Waals surface area contributed by atoms with Crippen LogP contribution in [0.15, 0.2) is 6.33 Å². The lowest BCUT2D eigenvalue weighted by molar-refractivity contribution is -0.383. The number of nitrogens with zero attached hydrogens (tertiary/aromatic N) is 3. The Morgan fingerprint density at radius 2 is 2.33 bits per heavy atom. The van der Waals surface area contributed by atoms with E-state index in [1.54, 1.807) is 6.92 Å². The topological polar surface area (TPSA) is 127 Å². The average Bonchev–Trinajstić information content (AvgIpc) is 2.30. The van der Waals surface area contributed by atoms with E-state index in [4.69, 9.17) is 10.8 Å². The molecule has 0 saturated carbocycles. The van der Waals surface area contributed by atoms with E-state index >= 15 is 0 Å². The molecular formula is C9H15N5O3S. The predicted molar refractivity (Wildman–Crippen MR) is 70.6 cm³/mol. The van der Waals surface area contributed by atoms with Gasteiger partial charge in [0.25, 0.3) is 0 Å². The average molecular weight is 273 g/mol. The SMILES string of the molecule is CSC(CO)C(C)Nc1ncnc(N)c1[N+](=O)[O-]. The van der Waals surface area contributed by atoms with E-state index in [1.807, 2.05) is 6.26 Å². The standard InChI is InChI=1S/C9H15N5O3S/c1-5(6(3-15)18-2)13-9-7(14(16)17)8(10)11-4-12-9/h4-6,15H,3H2,1-2H3,(H3,10,11,12,13). The van der Waals surface area contributed by atoms with Crippen molar-refractivity contribution in [1.29, 1.82) is 0 Å².